The largest absolute Gasteiger partial charge is 0.497 e. The van der Waals surface area contributed by atoms with Crippen molar-refractivity contribution < 1.29 is 19.1 Å². The van der Waals surface area contributed by atoms with Crippen LogP contribution < -0.4 is 10.1 Å². The second kappa shape index (κ2) is 16.0. The number of methoxy groups -OCH3 is 1. The van der Waals surface area contributed by atoms with Gasteiger partial charge in [0.1, 0.15) is 16.9 Å². The van der Waals surface area contributed by atoms with Gasteiger partial charge in [-0.2, -0.15) is 0 Å². The summed E-state index contributed by atoms with van der Waals surface area (Å²) >= 11 is 0. The molecule has 1 N–H and O–H groups in total. The van der Waals surface area contributed by atoms with Crippen LogP contribution in [0.25, 0.3) is 0 Å². The molecule has 1 fully saturated rings. The van der Waals surface area contributed by atoms with Gasteiger partial charge in [0.2, 0.25) is 5.91 Å². The molecule has 0 aliphatic carbocycles. The van der Waals surface area contributed by atoms with Gasteiger partial charge in [-0.1, -0.05) is 44.6 Å². The van der Waals surface area contributed by atoms with Crippen LogP contribution in [0, 0.1) is 0 Å². The van der Waals surface area contributed by atoms with Crippen molar-refractivity contribution in [2.75, 3.05) is 27.2 Å². The molecule has 0 aromatic heterocycles. The second-order valence-electron chi connectivity index (χ2n) is 10.4. The monoisotopic (exact) mass is 517 g/mol. The standard InChI is InChI=1S/C17H25NO.C11H20N2O3.C2H6/c1-6-14(2)11-15(3)12-18(4)13-16-7-9-17(19-5)10-8-16;1-10(2,3)16-9(15)13-7-6-12-8(14)11(13,4)5;1-2/h7-12H,6,13H2,1-5H3;6-7H2,1-5H3,(H,12,14);1-2H3/b14-11+,15-12-;;. The molecule has 0 bridgehead atoms. The fraction of sp³-hybridized carbons (Fsp3) is 0.600. The van der Waals surface area contributed by atoms with E-state index in [1.54, 1.807) is 21.0 Å². The Balaban J connectivity index is 0.000000665. The van der Waals surface area contributed by atoms with Crippen molar-refractivity contribution in [1.82, 2.24) is 15.1 Å². The van der Waals surface area contributed by atoms with Gasteiger partial charge in [-0.25, -0.2) is 4.79 Å². The van der Waals surface area contributed by atoms with Crippen LogP contribution in [0.4, 0.5) is 4.79 Å². The van der Waals surface area contributed by atoms with Gasteiger partial charge in [0.15, 0.2) is 0 Å². The first kappa shape index (κ1) is 34.0. The Hall–Kier alpha value is -2.96. The summed E-state index contributed by atoms with van der Waals surface area (Å²) in [6.07, 6.45) is 5.09. The molecular formula is C30H51N3O4. The molecule has 1 heterocycles. The van der Waals surface area contributed by atoms with Gasteiger partial charge < -0.3 is 19.7 Å². The van der Waals surface area contributed by atoms with Gasteiger partial charge in [-0.05, 0) is 78.2 Å². The quantitative estimate of drug-likeness (QED) is 0.434. The predicted octanol–water partition coefficient (Wildman–Crippen LogP) is 6.55. The normalized spacial score (nSPS) is 15.4. The molecule has 0 saturated carbocycles. The Kier molecular flexibility index (Phi) is 14.7. The van der Waals surface area contributed by atoms with E-state index >= 15 is 0 Å². The zero-order valence-electron chi connectivity index (χ0n) is 25.3. The first-order valence-electron chi connectivity index (χ1n) is 13.2. The van der Waals surface area contributed by atoms with E-state index in [1.165, 1.54) is 21.6 Å². The second-order valence-corrected chi connectivity index (χ2v) is 10.4. The molecule has 2 rings (SSSR count). The van der Waals surface area contributed by atoms with E-state index < -0.39 is 17.2 Å². The minimum absolute atomic E-state index is 0.149. The minimum Gasteiger partial charge on any atom is -0.497 e. The summed E-state index contributed by atoms with van der Waals surface area (Å²) in [7, 11) is 3.79. The Labute approximate surface area is 225 Å². The molecule has 1 aromatic carbocycles. The molecule has 1 aromatic rings. The van der Waals surface area contributed by atoms with Crippen LogP contribution in [0.2, 0.25) is 0 Å². The zero-order valence-corrected chi connectivity index (χ0v) is 25.3. The van der Waals surface area contributed by atoms with Crippen LogP contribution in [-0.4, -0.2) is 60.2 Å². The fourth-order valence-electron chi connectivity index (χ4n) is 3.48. The smallest absolute Gasteiger partial charge is 0.411 e. The number of allylic oxidation sites excluding steroid dienone is 3. The van der Waals surface area contributed by atoms with Crippen molar-refractivity contribution >= 4 is 12.0 Å². The number of piperazine rings is 1. The lowest BCUT2D eigenvalue weighted by Crippen LogP contribution is -2.63. The number of benzene rings is 1. The maximum atomic E-state index is 11.9. The van der Waals surface area contributed by atoms with Gasteiger partial charge in [0.05, 0.1) is 7.11 Å². The highest BCUT2D eigenvalue weighted by atomic mass is 16.6. The van der Waals surface area contributed by atoms with E-state index in [1.807, 2.05) is 46.8 Å². The Morgan fingerprint density at radius 1 is 1.16 bits per heavy atom. The van der Waals surface area contributed by atoms with Crippen LogP contribution in [0.5, 0.6) is 5.75 Å². The highest BCUT2D eigenvalue weighted by Crippen LogP contribution is 2.21. The molecule has 1 saturated heterocycles. The number of amides is 2. The summed E-state index contributed by atoms with van der Waals surface area (Å²) in [5.41, 5.74) is 2.59. The molecular weight excluding hydrogens is 466 g/mol. The van der Waals surface area contributed by atoms with E-state index in [0.717, 1.165) is 18.7 Å². The van der Waals surface area contributed by atoms with E-state index in [-0.39, 0.29) is 5.91 Å². The van der Waals surface area contributed by atoms with Crippen LogP contribution >= 0.6 is 0 Å². The predicted molar refractivity (Wildman–Crippen MR) is 154 cm³/mol. The average Bonchev–Trinajstić information content (AvgIpc) is 2.81. The van der Waals surface area contributed by atoms with E-state index in [4.69, 9.17) is 9.47 Å². The summed E-state index contributed by atoms with van der Waals surface area (Å²) in [5.74, 6) is 0.754. The Morgan fingerprint density at radius 3 is 2.22 bits per heavy atom. The zero-order chi connectivity index (χ0) is 28.8. The maximum Gasteiger partial charge on any atom is 0.411 e. The number of hydrogen-bond acceptors (Lipinski definition) is 5. The lowest BCUT2D eigenvalue weighted by atomic mass is 10.00. The molecule has 0 spiro atoms. The van der Waals surface area contributed by atoms with Crippen molar-refractivity contribution in [2.24, 2.45) is 0 Å². The molecule has 210 valence electrons. The van der Waals surface area contributed by atoms with Crippen LogP contribution in [0.1, 0.15) is 81.2 Å². The summed E-state index contributed by atoms with van der Waals surface area (Å²) in [4.78, 5) is 27.2. The SMILES string of the molecule is CC.CC(C)(C)OC(=O)N1CCNC(=O)C1(C)C.CC/C(C)=C/C(C)=C\N(C)Cc1ccc(OC)cc1. The summed E-state index contributed by atoms with van der Waals surface area (Å²) in [6, 6.07) is 8.21. The lowest BCUT2D eigenvalue weighted by molar-refractivity contribution is -0.134. The van der Waals surface area contributed by atoms with Crippen LogP contribution in [-0.2, 0) is 16.1 Å². The number of rotatable bonds is 6. The van der Waals surface area contributed by atoms with Crippen LogP contribution in [0.3, 0.4) is 0 Å². The van der Waals surface area contributed by atoms with E-state index in [9.17, 15) is 9.59 Å². The highest BCUT2D eigenvalue weighted by Gasteiger charge is 2.42. The number of carbonyl (C=O) groups is 2. The third kappa shape index (κ3) is 12.7. The summed E-state index contributed by atoms with van der Waals surface area (Å²) < 4.78 is 10.4. The number of ether oxygens (including phenoxy) is 2. The molecule has 37 heavy (non-hydrogen) atoms. The van der Waals surface area contributed by atoms with Crippen molar-refractivity contribution in [3.8, 4) is 5.75 Å². The van der Waals surface area contributed by atoms with Crippen LogP contribution in [0.15, 0.2) is 47.7 Å². The first-order chi connectivity index (χ1) is 17.2. The lowest BCUT2D eigenvalue weighted by Gasteiger charge is -2.41. The van der Waals surface area contributed by atoms with Gasteiger partial charge >= 0.3 is 6.09 Å². The van der Waals surface area contributed by atoms with Crippen molar-refractivity contribution in [3.63, 3.8) is 0 Å². The van der Waals surface area contributed by atoms with Crippen molar-refractivity contribution in [3.05, 3.63) is 53.3 Å². The summed E-state index contributed by atoms with van der Waals surface area (Å²) in [6.45, 7) is 21.2. The van der Waals surface area contributed by atoms with Crippen molar-refractivity contribution in [1.29, 1.82) is 0 Å². The van der Waals surface area contributed by atoms with Gasteiger partial charge in [-0.3, -0.25) is 9.69 Å². The first-order valence-corrected chi connectivity index (χ1v) is 13.2. The number of nitrogens with one attached hydrogen (secondary N) is 1. The fourth-order valence-corrected chi connectivity index (χ4v) is 3.48. The number of carbonyl (C=O) groups excluding carboxylic acids is 2. The molecule has 7 nitrogen and oxygen atoms in total. The molecule has 0 radical (unpaired) electrons. The Morgan fingerprint density at radius 2 is 1.73 bits per heavy atom. The van der Waals surface area contributed by atoms with Gasteiger partial charge in [0, 0.05) is 32.9 Å². The average molecular weight is 518 g/mol. The molecule has 0 unspecified atom stereocenters. The highest BCUT2D eigenvalue weighted by molar-refractivity contribution is 5.90. The Bertz CT molecular complexity index is 896. The number of hydrogen-bond donors (Lipinski definition) is 1. The molecule has 1 aliphatic heterocycles. The maximum absolute atomic E-state index is 11.9. The van der Waals surface area contributed by atoms with Gasteiger partial charge in [0.25, 0.3) is 0 Å². The topological polar surface area (TPSA) is 71.1 Å². The van der Waals surface area contributed by atoms with Crippen molar-refractivity contribution in [2.45, 2.75) is 93.3 Å². The third-order valence-corrected chi connectivity index (χ3v) is 5.51. The molecule has 0 atom stereocenters. The molecule has 7 heteroatoms. The third-order valence-electron chi connectivity index (χ3n) is 5.51. The summed E-state index contributed by atoms with van der Waals surface area (Å²) in [5, 5.41) is 2.73. The van der Waals surface area contributed by atoms with E-state index in [0.29, 0.717) is 13.1 Å². The molecule has 2 amide bonds. The number of nitrogens with zero attached hydrogens (tertiary/aromatic N) is 2. The molecule has 1 aliphatic rings. The van der Waals surface area contributed by atoms with Gasteiger partial charge in [-0.15, -0.1) is 0 Å². The van der Waals surface area contributed by atoms with E-state index in [2.05, 4.69) is 62.4 Å². The minimum atomic E-state index is -0.847.